The second-order valence-electron chi connectivity index (χ2n) is 8.78. The van der Waals surface area contributed by atoms with E-state index in [9.17, 15) is 4.79 Å². The molecule has 4 heterocycles. The number of carbonyl (C=O) groups excluding carboxylic acids is 1. The van der Waals surface area contributed by atoms with Crippen LogP contribution in [0.2, 0.25) is 0 Å². The number of piperidine rings is 1. The average Bonchev–Trinajstić information content (AvgIpc) is 3.51. The Morgan fingerprint density at radius 2 is 2.00 bits per heavy atom. The van der Waals surface area contributed by atoms with E-state index in [1.54, 1.807) is 6.33 Å². The first kappa shape index (κ1) is 20.9. The minimum absolute atomic E-state index is 0.0411. The normalized spacial score (nSPS) is 19.5. The van der Waals surface area contributed by atoms with Crippen LogP contribution in [0.4, 0.5) is 5.82 Å². The van der Waals surface area contributed by atoms with Crippen molar-refractivity contribution < 1.29 is 9.53 Å². The summed E-state index contributed by atoms with van der Waals surface area (Å²) in [6.45, 7) is 5.09. The molecule has 2 aromatic heterocycles. The molecule has 3 aromatic rings. The molecule has 1 amide bonds. The van der Waals surface area contributed by atoms with E-state index >= 15 is 0 Å². The van der Waals surface area contributed by atoms with Gasteiger partial charge in [-0.1, -0.05) is 30.3 Å². The van der Waals surface area contributed by atoms with Gasteiger partial charge in [0.25, 0.3) is 5.78 Å². The van der Waals surface area contributed by atoms with Crippen molar-refractivity contribution in [2.24, 2.45) is 5.92 Å². The quantitative estimate of drug-likeness (QED) is 0.642. The molecule has 0 aliphatic carbocycles. The zero-order valence-electron chi connectivity index (χ0n) is 18.5. The molecule has 0 radical (unpaired) electrons. The van der Waals surface area contributed by atoms with Crippen LogP contribution in [-0.2, 0) is 16.0 Å². The summed E-state index contributed by atoms with van der Waals surface area (Å²) in [5.41, 5.74) is 3.37. The number of benzene rings is 1. The van der Waals surface area contributed by atoms with Crippen LogP contribution in [0, 0.1) is 12.8 Å². The maximum Gasteiger partial charge on any atom is 0.254 e. The summed E-state index contributed by atoms with van der Waals surface area (Å²) in [5, 5.41) is 7.58. The molecule has 2 aliphatic rings. The van der Waals surface area contributed by atoms with Crippen molar-refractivity contribution in [3.8, 4) is 0 Å². The SMILES string of the molecule is Cc1nc2ncnn2c(N2CCC(C(=O)NC[C@@H]3CCCO3)CC2)c1Cc1ccccc1. The Kier molecular flexibility index (Phi) is 6.03. The van der Waals surface area contributed by atoms with Crippen molar-refractivity contribution in [1.82, 2.24) is 24.9 Å². The summed E-state index contributed by atoms with van der Waals surface area (Å²) in [6.07, 6.45) is 6.29. The highest BCUT2D eigenvalue weighted by atomic mass is 16.5. The number of hydrogen-bond donors (Lipinski definition) is 1. The lowest BCUT2D eigenvalue weighted by Crippen LogP contribution is -2.43. The average molecular weight is 435 g/mol. The van der Waals surface area contributed by atoms with E-state index in [2.05, 4.69) is 49.5 Å². The van der Waals surface area contributed by atoms with Crippen LogP contribution in [0.25, 0.3) is 5.78 Å². The molecule has 1 N–H and O–H groups in total. The first-order valence-electron chi connectivity index (χ1n) is 11.6. The lowest BCUT2D eigenvalue weighted by atomic mass is 9.95. The first-order chi connectivity index (χ1) is 15.7. The van der Waals surface area contributed by atoms with E-state index in [4.69, 9.17) is 4.74 Å². The zero-order chi connectivity index (χ0) is 21.9. The second kappa shape index (κ2) is 9.24. The van der Waals surface area contributed by atoms with Gasteiger partial charge in [-0.15, -0.1) is 0 Å². The zero-order valence-corrected chi connectivity index (χ0v) is 18.5. The lowest BCUT2D eigenvalue weighted by Gasteiger charge is -2.34. The Morgan fingerprint density at radius 3 is 2.75 bits per heavy atom. The number of nitrogens with one attached hydrogen (secondary N) is 1. The highest BCUT2D eigenvalue weighted by Crippen LogP contribution is 2.30. The van der Waals surface area contributed by atoms with Crippen molar-refractivity contribution in [3.63, 3.8) is 0 Å². The number of amides is 1. The smallest absolute Gasteiger partial charge is 0.254 e. The summed E-state index contributed by atoms with van der Waals surface area (Å²) >= 11 is 0. The van der Waals surface area contributed by atoms with Gasteiger partial charge in [-0.05, 0) is 38.2 Å². The second-order valence-corrected chi connectivity index (χ2v) is 8.78. The number of carbonyl (C=O) groups is 1. The highest BCUT2D eigenvalue weighted by Gasteiger charge is 2.29. The van der Waals surface area contributed by atoms with E-state index in [1.165, 1.54) is 5.56 Å². The molecular weight excluding hydrogens is 404 g/mol. The molecule has 0 bridgehead atoms. The summed E-state index contributed by atoms with van der Waals surface area (Å²) in [7, 11) is 0. The van der Waals surface area contributed by atoms with Gasteiger partial charge in [0, 0.05) is 49.8 Å². The van der Waals surface area contributed by atoms with E-state index in [1.807, 2.05) is 17.5 Å². The Bertz CT molecular complexity index is 1070. The molecular formula is C24H30N6O2. The maximum atomic E-state index is 12.7. The molecule has 0 spiro atoms. The molecule has 0 unspecified atom stereocenters. The number of hydrogen-bond acceptors (Lipinski definition) is 6. The van der Waals surface area contributed by atoms with Crippen molar-refractivity contribution in [2.45, 2.75) is 45.1 Å². The maximum absolute atomic E-state index is 12.7. The third-order valence-electron chi connectivity index (χ3n) is 6.62. The van der Waals surface area contributed by atoms with Gasteiger partial charge in [-0.25, -0.2) is 4.98 Å². The molecule has 0 saturated carbocycles. The number of aryl methyl sites for hydroxylation is 1. The fourth-order valence-electron chi connectivity index (χ4n) is 4.82. The van der Waals surface area contributed by atoms with Gasteiger partial charge in [-0.2, -0.15) is 14.6 Å². The topological polar surface area (TPSA) is 84.7 Å². The number of anilines is 1. The summed E-state index contributed by atoms with van der Waals surface area (Å²) < 4.78 is 7.48. The van der Waals surface area contributed by atoms with E-state index in [0.717, 1.165) is 68.9 Å². The van der Waals surface area contributed by atoms with Crippen LogP contribution >= 0.6 is 0 Å². The summed E-state index contributed by atoms with van der Waals surface area (Å²) in [6, 6.07) is 10.4. The van der Waals surface area contributed by atoms with Gasteiger partial charge < -0.3 is 15.0 Å². The fraction of sp³-hybridized carbons (Fsp3) is 0.500. The summed E-state index contributed by atoms with van der Waals surface area (Å²) in [5.74, 6) is 1.86. The number of rotatable bonds is 6. The molecule has 1 aromatic carbocycles. The number of aromatic nitrogens is 4. The molecule has 2 fully saturated rings. The molecule has 2 saturated heterocycles. The van der Waals surface area contributed by atoms with Crippen LogP contribution in [0.5, 0.6) is 0 Å². The molecule has 8 nitrogen and oxygen atoms in total. The highest BCUT2D eigenvalue weighted by molar-refractivity contribution is 5.79. The first-order valence-corrected chi connectivity index (χ1v) is 11.6. The van der Waals surface area contributed by atoms with Crippen molar-refractivity contribution >= 4 is 17.5 Å². The third-order valence-corrected chi connectivity index (χ3v) is 6.62. The molecule has 8 heteroatoms. The molecule has 168 valence electrons. The van der Waals surface area contributed by atoms with Crippen LogP contribution in [-0.4, -0.2) is 57.8 Å². The van der Waals surface area contributed by atoms with Gasteiger partial charge in [0.1, 0.15) is 12.1 Å². The van der Waals surface area contributed by atoms with Crippen molar-refractivity contribution in [1.29, 1.82) is 0 Å². The fourth-order valence-corrected chi connectivity index (χ4v) is 4.82. The van der Waals surface area contributed by atoms with Crippen LogP contribution < -0.4 is 10.2 Å². The van der Waals surface area contributed by atoms with E-state index < -0.39 is 0 Å². The minimum atomic E-state index is 0.0411. The Labute approximate surface area is 188 Å². The standard InChI is InChI=1S/C24H30N6O2/c1-17-21(14-18-6-3-2-4-7-18)23(30-24(28-17)26-16-27-30)29-11-9-19(10-12-29)22(31)25-15-20-8-5-13-32-20/h2-4,6-7,16,19-20H,5,8-15H2,1H3,(H,25,31)/t20-/m0/s1. The van der Waals surface area contributed by atoms with Gasteiger partial charge in [0.15, 0.2) is 0 Å². The number of ether oxygens (including phenoxy) is 1. The van der Waals surface area contributed by atoms with Crippen LogP contribution in [0.3, 0.4) is 0 Å². The molecule has 2 aliphatic heterocycles. The van der Waals surface area contributed by atoms with E-state index in [0.29, 0.717) is 12.3 Å². The van der Waals surface area contributed by atoms with Gasteiger partial charge >= 0.3 is 0 Å². The molecule has 5 rings (SSSR count). The predicted octanol–water partition coefficient (Wildman–Crippen LogP) is 2.54. The van der Waals surface area contributed by atoms with E-state index in [-0.39, 0.29) is 17.9 Å². The molecule has 1 atom stereocenters. The third kappa shape index (κ3) is 4.32. The van der Waals surface area contributed by atoms with Gasteiger partial charge in [-0.3, -0.25) is 4.79 Å². The predicted molar refractivity (Wildman–Crippen MR) is 122 cm³/mol. The van der Waals surface area contributed by atoms with Gasteiger partial charge in [0.2, 0.25) is 5.91 Å². The van der Waals surface area contributed by atoms with Crippen molar-refractivity contribution in [3.05, 3.63) is 53.5 Å². The van der Waals surface area contributed by atoms with Crippen LogP contribution in [0.15, 0.2) is 36.7 Å². The Balaban J connectivity index is 1.33. The largest absolute Gasteiger partial charge is 0.376 e. The van der Waals surface area contributed by atoms with Crippen molar-refractivity contribution in [2.75, 3.05) is 31.1 Å². The number of nitrogens with zero attached hydrogens (tertiary/aromatic N) is 5. The summed E-state index contributed by atoms with van der Waals surface area (Å²) in [4.78, 5) is 24.1. The molecule has 32 heavy (non-hydrogen) atoms. The van der Waals surface area contributed by atoms with Gasteiger partial charge in [0.05, 0.1) is 6.10 Å². The number of fused-ring (bicyclic) bond motifs is 1. The monoisotopic (exact) mass is 434 g/mol. The Morgan fingerprint density at radius 1 is 1.19 bits per heavy atom. The van der Waals surface area contributed by atoms with Crippen LogP contribution in [0.1, 0.15) is 42.5 Å². The lowest BCUT2D eigenvalue weighted by molar-refractivity contribution is -0.126. The Hall–Kier alpha value is -3.00. The minimum Gasteiger partial charge on any atom is -0.376 e.